The summed E-state index contributed by atoms with van der Waals surface area (Å²) in [5.74, 6) is -0.121. The summed E-state index contributed by atoms with van der Waals surface area (Å²) in [6.45, 7) is 3.10. The molecular formula is C11H19N3OS. The average molecular weight is 241 g/mol. The highest BCUT2D eigenvalue weighted by molar-refractivity contribution is 7.18. The van der Waals surface area contributed by atoms with Gasteiger partial charge in [-0.15, -0.1) is 11.3 Å². The first kappa shape index (κ1) is 12.8. The van der Waals surface area contributed by atoms with E-state index in [1.165, 1.54) is 24.2 Å². The largest absolute Gasteiger partial charge is 0.397 e. The fourth-order valence-corrected chi connectivity index (χ4v) is 2.32. The third kappa shape index (κ3) is 3.41. The molecule has 0 aliphatic rings. The first-order valence-corrected chi connectivity index (χ1v) is 6.36. The van der Waals surface area contributed by atoms with Crippen LogP contribution in [0.2, 0.25) is 0 Å². The van der Waals surface area contributed by atoms with Crippen molar-refractivity contribution in [1.29, 1.82) is 0 Å². The monoisotopic (exact) mass is 241 g/mol. The number of nitrogens with one attached hydrogen (secondary N) is 2. The Morgan fingerprint density at radius 3 is 2.88 bits per heavy atom. The van der Waals surface area contributed by atoms with E-state index >= 15 is 0 Å². The Labute approximate surface area is 100 Å². The van der Waals surface area contributed by atoms with Crippen LogP contribution in [0.3, 0.4) is 0 Å². The minimum Gasteiger partial charge on any atom is -0.397 e. The number of anilines is 2. The molecule has 4 N–H and O–H groups in total. The molecular weight excluding hydrogens is 222 g/mol. The van der Waals surface area contributed by atoms with Crippen LogP contribution in [0.5, 0.6) is 0 Å². The molecule has 1 rings (SSSR count). The number of carbonyl (C=O) groups is 1. The van der Waals surface area contributed by atoms with Crippen molar-refractivity contribution >= 4 is 27.9 Å². The highest BCUT2D eigenvalue weighted by Gasteiger charge is 2.12. The molecule has 0 radical (unpaired) electrons. The predicted octanol–water partition coefficient (Wildman–Crippen LogP) is 2.29. The van der Waals surface area contributed by atoms with Gasteiger partial charge in [-0.2, -0.15) is 0 Å². The molecule has 1 amide bonds. The zero-order valence-corrected chi connectivity index (χ0v) is 10.6. The van der Waals surface area contributed by atoms with Crippen LogP contribution in [-0.4, -0.2) is 19.5 Å². The summed E-state index contributed by atoms with van der Waals surface area (Å²) < 4.78 is 0. The smallest absolute Gasteiger partial charge is 0.263 e. The van der Waals surface area contributed by atoms with Crippen LogP contribution >= 0.6 is 11.3 Å². The normalized spacial score (nSPS) is 10.1. The van der Waals surface area contributed by atoms with Crippen molar-refractivity contribution in [3.8, 4) is 0 Å². The van der Waals surface area contributed by atoms with Gasteiger partial charge >= 0.3 is 0 Å². The maximum absolute atomic E-state index is 11.4. The van der Waals surface area contributed by atoms with Gasteiger partial charge in [-0.05, 0) is 12.5 Å². The summed E-state index contributed by atoms with van der Waals surface area (Å²) in [7, 11) is 1.61. The lowest BCUT2D eigenvalue weighted by atomic mass is 10.2. The number of thiophene rings is 1. The van der Waals surface area contributed by atoms with Crippen molar-refractivity contribution in [3.63, 3.8) is 0 Å². The Morgan fingerprint density at radius 1 is 1.50 bits per heavy atom. The molecule has 0 atom stereocenters. The van der Waals surface area contributed by atoms with Crippen LogP contribution in [0.25, 0.3) is 0 Å². The molecule has 1 aromatic heterocycles. The van der Waals surface area contributed by atoms with Gasteiger partial charge in [0.05, 0.1) is 10.7 Å². The van der Waals surface area contributed by atoms with Crippen molar-refractivity contribution in [2.75, 3.05) is 24.6 Å². The molecule has 0 aliphatic heterocycles. The molecule has 16 heavy (non-hydrogen) atoms. The first-order valence-electron chi connectivity index (χ1n) is 5.54. The van der Waals surface area contributed by atoms with Gasteiger partial charge in [0.25, 0.3) is 5.91 Å². The quantitative estimate of drug-likeness (QED) is 0.669. The van der Waals surface area contributed by atoms with Crippen LogP contribution in [-0.2, 0) is 0 Å². The number of carbonyl (C=O) groups excluding carboxylic acids is 1. The molecule has 1 heterocycles. The second-order valence-corrected chi connectivity index (χ2v) is 4.66. The van der Waals surface area contributed by atoms with Crippen LogP contribution < -0.4 is 16.4 Å². The van der Waals surface area contributed by atoms with Crippen molar-refractivity contribution in [3.05, 3.63) is 10.9 Å². The Bertz CT molecular complexity index is 349. The molecule has 0 aliphatic carbocycles. The van der Waals surface area contributed by atoms with E-state index in [1.54, 1.807) is 7.05 Å². The van der Waals surface area contributed by atoms with Gasteiger partial charge in [-0.1, -0.05) is 19.8 Å². The molecule has 0 aromatic carbocycles. The van der Waals surface area contributed by atoms with Crippen LogP contribution in [0.1, 0.15) is 35.9 Å². The highest BCUT2D eigenvalue weighted by atomic mass is 32.1. The summed E-state index contributed by atoms with van der Waals surface area (Å²) in [6.07, 6.45) is 3.57. The number of unbranched alkanes of at least 4 members (excludes halogenated alkanes) is 2. The fourth-order valence-electron chi connectivity index (χ4n) is 1.37. The molecule has 0 fully saturated rings. The van der Waals surface area contributed by atoms with Crippen molar-refractivity contribution in [2.45, 2.75) is 26.2 Å². The van der Waals surface area contributed by atoms with E-state index in [0.717, 1.165) is 18.0 Å². The van der Waals surface area contributed by atoms with Gasteiger partial charge in [0.1, 0.15) is 4.88 Å². The summed E-state index contributed by atoms with van der Waals surface area (Å²) >= 11 is 1.40. The van der Waals surface area contributed by atoms with E-state index in [1.807, 2.05) is 6.07 Å². The van der Waals surface area contributed by atoms with Gasteiger partial charge < -0.3 is 16.4 Å². The Balaban J connectivity index is 2.52. The number of nitrogens with two attached hydrogens (primary N) is 1. The Kier molecular flexibility index (Phi) is 5.11. The van der Waals surface area contributed by atoms with E-state index in [4.69, 9.17) is 5.73 Å². The van der Waals surface area contributed by atoms with Gasteiger partial charge in [-0.3, -0.25) is 4.79 Å². The van der Waals surface area contributed by atoms with Crippen molar-refractivity contribution < 1.29 is 4.79 Å². The SMILES string of the molecule is CCCCCNc1cc(N)c(C(=O)NC)s1. The maximum Gasteiger partial charge on any atom is 0.263 e. The minimum absolute atomic E-state index is 0.121. The van der Waals surface area contributed by atoms with E-state index < -0.39 is 0 Å². The van der Waals surface area contributed by atoms with Crippen molar-refractivity contribution in [1.82, 2.24) is 5.32 Å². The molecule has 0 spiro atoms. The van der Waals surface area contributed by atoms with Crippen LogP contribution in [0.15, 0.2) is 6.07 Å². The zero-order valence-electron chi connectivity index (χ0n) is 9.80. The molecule has 1 aromatic rings. The topological polar surface area (TPSA) is 67.1 Å². The third-order valence-corrected chi connectivity index (χ3v) is 3.38. The van der Waals surface area contributed by atoms with Crippen LogP contribution in [0.4, 0.5) is 10.7 Å². The number of amides is 1. The van der Waals surface area contributed by atoms with E-state index in [2.05, 4.69) is 17.6 Å². The first-order chi connectivity index (χ1) is 7.69. The molecule has 0 unspecified atom stereocenters. The minimum atomic E-state index is -0.121. The number of rotatable bonds is 6. The molecule has 0 saturated carbocycles. The summed E-state index contributed by atoms with van der Waals surface area (Å²) in [5.41, 5.74) is 6.30. The predicted molar refractivity (Wildman–Crippen MR) is 70.1 cm³/mol. The summed E-state index contributed by atoms with van der Waals surface area (Å²) in [6, 6.07) is 1.82. The molecule has 90 valence electrons. The van der Waals surface area contributed by atoms with Crippen LogP contribution in [0, 0.1) is 0 Å². The lowest BCUT2D eigenvalue weighted by molar-refractivity contribution is 0.0968. The van der Waals surface area contributed by atoms with Gasteiger partial charge in [-0.25, -0.2) is 0 Å². The maximum atomic E-state index is 11.4. The zero-order chi connectivity index (χ0) is 12.0. The van der Waals surface area contributed by atoms with Crippen molar-refractivity contribution in [2.24, 2.45) is 0 Å². The number of nitrogen functional groups attached to an aromatic ring is 1. The second-order valence-electron chi connectivity index (χ2n) is 3.61. The van der Waals surface area contributed by atoms with E-state index in [-0.39, 0.29) is 5.91 Å². The van der Waals surface area contributed by atoms with E-state index in [9.17, 15) is 4.79 Å². The highest BCUT2D eigenvalue weighted by Crippen LogP contribution is 2.28. The Hall–Kier alpha value is -1.23. The fraction of sp³-hybridized carbons (Fsp3) is 0.545. The molecule has 5 heteroatoms. The molecule has 0 bridgehead atoms. The number of hydrogen-bond acceptors (Lipinski definition) is 4. The average Bonchev–Trinajstić information content (AvgIpc) is 2.65. The number of hydrogen-bond donors (Lipinski definition) is 3. The van der Waals surface area contributed by atoms with Gasteiger partial charge in [0.2, 0.25) is 0 Å². The standard InChI is InChI=1S/C11H19N3OS/c1-3-4-5-6-14-9-7-8(12)10(16-9)11(15)13-2/h7,14H,3-6,12H2,1-2H3,(H,13,15). The summed E-state index contributed by atoms with van der Waals surface area (Å²) in [4.78, 5) is 12.0. The van der Waals surface area contributed by atoms with Gasteiger partial charge in [0, 0.05) is 13.6 Å². The molecule has 4 nitrogen and oxygen atoms in total. The Morgan fingerprint density at radius 2 is 2.25 bits per heavy atom. The third-order valence-electron chi connectivity index (χ3n) is 2.27. The lowest BCUT2D eigenvalue weighted by Gasteiger charge is -2.01. The van der Waals surface area contributed by atoms with Gasteiger partial charge in [0.15, 0.2) is 0 Å². The van der Waals surface area contributed by atoms with E-state index in [0.29, 0.717) is 10.6 Å². The molecule has 0 saturated heterocycles. The lowest BCUT2D eigenvalue weighted by Crippen LogP contribution is -2.17. The second kappa shape index (κ2) is 6.37. The summed E-state index contributed by atoms with van der Waals surface area (Å²) in [5, 5.41) is 6.82.